The molecule has 124 valence electrons. The predicted molar refractivity (Wildman–Crippen MR) is 91.3 cm³/mol. The summed E-state index contributed by atoms with van der Waals surface area (Å²) in [5.41, 5.74) is 0.0315. The molecule has 0 aliphatic rings. The number of halogens is 2. The number of rotatable bonds is 3. The van der Waals surface area contributed by atoms with Crippen LogP contribution in [0.3, 0.4) is 0 Å². The number of phenols is 1. The first-order valence-corrected chi connectivity index (χ1v) is 7.39. The lowest BCUT2D eigenvalue weighted by Crippen LogP contribution is -2.14. The molecule has 1 heterocycles. The standard InChI is InChI=1S/C17H10ClFN4O2/c1-20-11-5-6-12(24)14(16(25)23-17-21-7-8-22-17)13(11)9-3-2-4-10(19)15(9)18/h2-8,24H,(H2,21,22,23,25). The maximum absolute atomic E-state index is 13.9. The normalized spacial score (nSPS) is 10.3. The first kappa shape index (κ1) is 16.5. The highest BCUT2D eigenvalue weighted by atomic mass is 35.5. The number of imidazole rings is 1. The molecule has 0 saturated heterocycles. The fourth-order valence-electron chi connectivity index (χ4n) is 2.38. The van der Waals surface area contributed by atoms with E-state index in [1.165, 1.54) is 36.7 Å². The van der Waals surface area contributed by atoms with Crippen molar-refractivity contribution in [1.82, 2.24) is 9.97 Å². The number of aromatic hydroxyl groups is 1. The Hall–Kier alpha value is -3.37. The van der Waals surface area contributed by atoms with E-state index in [-0.39, 0.29) is 39.1 Å². The van der Waals surface area contributed by atoms with Crippen LogP contribution in [0.2, 0.25) is 5.02 Å². The maximum atomic E-state index is 13.9. The smallest absolute Gasteiger partial charge is 0.261 e. The molecule has 0 aliphatic heterocycles. The van der Waals surface area contributed by atoms with Crippen molar-refractivity contribution in [1.29, 1.82) is 0 Å². The molecule has 0 aliphatic carbocycles. The molecule has 3 N–H and O–H groups in total. The molecule has 1 aromatic heterocycles. The fraction of sp³-hybridized carbons (Fsp3) is 0. The van der Waals surface area contributed by atoms with Gasteiger partial charge >= 0.3 is 0 Å². The lowest BCUT2D eigenvalue weighted by Gasteiger charge is -2.14. The van der Waals surface area contributed by atoms with Crippen LogP contribution >= 0.6 is 11.6 Å². The number of anilines is 1. The van der Waals surface area contributed by atoms with E-state index in [0.717, 1.165) is 6.07 Å². The minimum absolute atomic E-state index is 0.0450. The quantitative estimate of drug-likeness (QED) is 0.609. The van der Waals surface area contributed by atoms with Crippen LogP contribution in [0.4, 0.5) is 16.0 Å². The minimum Gasteiger partial charge on any atom is -0.507 e. The monoisotopic (exact) mass is 356 g/mol. The van der Waals surface area contributed by atoms with Crippen LogP contribution in [0.5, 0.6) is 5.75 Å². The summed E-state index contributed by atoms with van der Waals surface area (Å²) in [5.74, 6) is -1.62. The molecule has 25 heavy (non-hydrogen) atoms. The van der Waals surface area contributed by atoms with Gasteiger partial charge in [-0.1, -0.05) is 29.8 Å². The van der Waals surface area contributed by atoms with Crippen LogP contribution in [0, 0.1) is 12.4 Å². The number of carbonyl (C=O) groups excluding carboxylic acids is 1. The van der Waals surface area contributed by atoms with Gasteiger partial charge in [-0.15, -0.1) is 0 Å². The average molecular weight is 357 g/mol. The molecule has 3 aromatic rings. The highest BCUT2D eigenvalue weighted by Gasteiger charge is 2.24. The molecule has 2 aromatic carbocycles. The SMILES string of the molecule is [C-]#[N+]c1ccc(O)c(C(=O)Nc2ncc[nH]2)c1-c1cccc(F)c1Cl. The van der Waals surface area contributed by atoms with E-state index in [9.17, 15) is 14.3 Å². The van der Waals surface area contributed by atoms with Crippen molar-refractivity contribution in [2.75, 3.05) is 5.32 Å². The van der Waals surface area contributed by atoms with E-state index in [1.54, 1.807) is 0 Å². The molecule has 8 heteroatoms. The highest BCUT2D eigenvalue weighted by molar-refractivity contribution is 6.34. The number of carbonyl (C=O) groups is 1. The van der Waals surface area contributed by atoms with Gasteiger partial charge in [-0.3, -0.25) is 10.1 Å². The van der Waals surface area contributed by atoms with Crippen molar-refractivity contribution in [3.63, 3.8) is 0 Å². The second-order valence-electron chi connectivity index (χ2n) is 4.96. The number of nitrogens with zero attached hydrogens (tertiary/aromatic N) is 2. The Morgan fingerprint density at radius 2 is 2.16 bits per heavy atom. The molecule has 3 rings (SSSR count). The number of phenolic OH excluding ortho intramolecular Hbond substituents is 1. The second-order valence-corrected chi connectivity index (χ2v) is 5.34. The van der Waals surface area contributed by atoms with Crippen LogP contribution in [0.1, 0.15) is 10.4 Å². The van der Waals surface area contributed by atoms with E-state index in [2.05, 4.69) is 20.1 Å². The van der Waals surface area contributed by atoms with Gasteiger partial charge in [-0.25, -0.2) is 14.2 Å². The first-order chi connectivity index (χ1) is 12.0. The number of hydrogen-bond acceptors (Lipinski definition) is 3. The summed E-state index contributed by atoms with van der Waals surface area (Å²) in [6.45, 7) is 7.32. The van der Waals surface area contributed by atoms with Crippen molar-refractivity contribution in [2.45, 2.75) is 0 Å². The van der Waals surface area contributed by atoms with E-state index >= 15 is 0 Å². The number of amides is 1. The number of aromatic amines is 1. The summed E-state index contributed by atoms with van der Waals surface area (Å²) in [5, 5.41) is 12.4. The van der Waals surface area contributed by atoms with Gasteiger partial charge in [-0.05, 0) is 17.7 Å². The van der Waals surface area contributed by atoms with Gasteiger partial charge in [0, 0.05) is 18.0 Å². The zero-order chi connectivity index (χ0) is 18.0. The summed E-state index contributed by atoms with van der Waals surface area (Å²) in [4.78, 5) is 22.5. The van der Waals surface area contributed by atoms with Crippen molar-refractivity contribution < 1.29 is 14.3 Å². The van der Waals surface area contributed by atoms with Gasteiger partial charge in [0.1, 0.15) is 11.6 Å². The van der Waals surface area contributed by atoms with E-state index in [1.807, 2.05) is 0 Å². The summed E-state index contributed by atoms with van der Waals surface area (Å²) < 4.78 is 13.9. The van der Waals surface area contributed by atoms with E-state index in [0.29, 0.717) is 0 Å². The number of hydrogen-bond donors (Lipinski definition) is 3. The van der Waals surface area contributed by atoms with E-state index < -0.39 is 11.7 Å². The van der Waals surface area contributed by atoms with E-state index in [4.69, 9.17) is 18.2 Å². The minimum atomic E-state index is -0.715. The van der Waals surface area contributed by atoms with Crippen LogP contribution in [-0.2, 0) is 0 Å². The summed E-state index contributed by atoms with van der Waals surface area (Å²) in [6, 6.07) is 6.60. The number of benzene rings is 2. The third-order valence-electron chi connectivity index (χ3n) is 3.46. The average Bonchev–Trinajstić information content (AvgIpc) is 3.10. The topological polar surface area (TPSA) is 82.4 Å². The van der Waals surface area contributed by atoms with Crippen molar-refractivity contribution in [3.05, 3.63) is 70.5 Å². The Bertz CT molecular complexity index is 997. The lowest BCUT2D eigenvalue weighted by atomic mass is 9.96. The Labute approximate surface area is 146 Å². The Kier molecular flexibility index (Phi) is 4.37. The van der Waals surface area contributed by atoms with Gasteiger partial charge in [0.25, 0.3) is 5.91 Å². The predicted octanol–water partition coefficient (Wildman–Crippen LogP) is 4.38. The Balaban J connectivity index is 2.23. The molecular formula is C17H10ClFN4O2. The van der Waals surface area contributed by atoms with Crippen LogP contribution in [-0.4, -0.2) is 21.0 Å². The Morgan fingerprint density at radius 1 is 1.36 bits per heavy atom. The zero-order valence-corrected chi connectivity index (χ0v) is 13.3. The highest BCUT2D eigenvalue weighted by Crippen LogP contribution is 2.42. The summed E-state index contributed by atoms with van der Waals surface area (Å²) in [6.07, 6.45) is 2.95. The molecule has 6 nitrogen and oxygen atoms in total. The molecule has 1 amide bonds. The van der Waals surface area contributed by atoms with Gasteiger partial charge < -0.3 is 10.1 Å². The van der Waals surface area contributed by atoms with Crippen LogP contribution in [0.15, 0.2) is 42.7 Å². The fourth-order valence-corrected chi connectivity index (χ4v) is 2.60. The third-order valence-corrected chi connectivity index (χ3v) is 3.84. The molecule has 0 radical (unpaired) electrons. The molecule has 0 unspecified atom stereocenters. The molecule has 0 atom stereocenters. The first-order valence-electron chi connectivity index (χ1n) is 7.01. The lowest BCUT2D eigenvalue weighted by molar-refractivity contribution is 0.102. The van der Waals surface area contributed by atoms with Crippen LogP contribution in [0.25, 0.3) is 16.0 Å². The van der Waals surface area contributed by atoms with Gasteiger partial charge in [0.05, 0.1) is 17.2 Å². The summed E-state index contributed by atoms with van der Waals surface area (Å²) in [7, 11) is 0. The van der Waals surface area contributed by atoms with Crippen LogP contribution < -0.4 is 5.32 Å². The van der Waals surface area contributed by atoms with Crippen molar-refractivity contribution >= 4 is 29.1 Å². The molecule has 0 fully saturated rings. The number of aromatic nitrogens is 2. The molecule has 0 bridgehead atoms. The van der Waals surface area contributed by atoms with Gasteiger partial charge in [-0.2, -0.15) is 0 Å². The number of nitrogens with one attached hydrogen (secondary N) is 2. The maximum Gasteiger partial charge on any atom is 0.261 e. The molecule has 0 spiro atoms. The van der Waals surface area contributed by atoms with Gasteiger partial charge in [0.15, 0.2) is 5.69 Å². The summed E-state index contributed by atoms with van der Waals surface area (Å²) >= 11 is 6.02. The molecule has 0 saturated carbocycles. The third kappa shape index (κ3) is 3.03. The number of H-pyrrole nitrogens is 1. The van der Waals surface area contributed by atoms with Crippen molar-refractivity contribution in [3.8, 4) is 16.9 Å². The van der Waals surface area contributed by atoms with Gasteiger partial charge in [0.2, 0.25) is 5.95 Å². The van der Waals surface area contributed by atoms with Crippen molar-refractivity contribution in [2.24, 2.45) is 0 Å². The Morgan fingerprint density at radius 3 is 2.84 bits per heavy atom. The zero-order valence-electron chi connectivity index (χ0n) is 12.5. The second kappa shape index (κ2) is 6.63. The largest absolute Gasteiger partial charge is 0.507 e. The molecular weight excluding hydrogens is 347 g/mol.